The highest BCUT2D eigenvalue weighted by Gasteiger charge is 2.30. The van der Waals surface area contributed by atoms with Crippen LogP contribution in [-0.4, -0.2) is 24.8 Å². The molecule has 0 aliphatic rings. The molecule has 0 heterocycles. The highest BCUT2D eigenvalue weighted by Crippen LogP contribution is 2.33. The maximum absolute atomic E-state index is 11.9. The summed E-state index contributed by atoms with van der Waals surface area (Å²) < 4.78 is 12.3. The van der Waals surface area contributed by atoms with Crippen LogP contribution in [0.2, 0.25) is 0 Å². The van der Waals surface area contributed by atoms with Crippen molar-refractivity contribution < 1.29 is 14.3 Å². The molecule has 0 saturated carbocycles. The summed E-state index contributed by atoms with van der Waals surface area (Å²) in [5.74, 6) is -0.263. The van der Waals surface area contributed by atoms with Gasteiger partial charge in [-0.1, -0.05) is 169 Å². The third-order valence-electron chi connectivity index (χ3n) is 8.49. The van der Waals surface area contributed by atoms with E-state index in [-0.39, 0.29) is 11.6 Å². The maximum Gasteiger partial charge on any atom is 0.333 e. The van der Waals surface area contributed by atoms with Gasteiger partial charge in [-0.25, -0.2) is 4.79 Å². The van der Waals surface area contributed by atoms with Gasteiger partial charge in [-0.3, -0.25) is 0 Å². The number of ether oxygens (including phenoxy) is 2. The van der Waals surface area contributed by atoms with Crippen molar-refractivity contribution in [2.45, 2.75) is 207 Å². The van der Waals surface area contributed by atoms with Gasteiger partial charge in [0, 0.05) is 12.2 Å². The Morgan fingerprint density at radius 3 is 1.25 bits per heavy atom. The summed E-state index contributed by atoms with van der Waals surface area (Å²) in [6, 6.07) is 0. The highest BCUT2D eigenvalue weighted by molar-refractivity contribution is 5.86. The Labute approximate surface area is 252 Å². The molecule has 0 aliphatic heterocycles. The minimum atomic E-state index is -0.263. The fourth-order valence-corrected chi connectivity index (χ4v) is 5.78. The molecule has 0 rings (SSSR count). The second kappa shape index (κ2) is 29.7. The SMILES string of the molecule is C=C(C)C(=O)OCCCC(CCCCCCCCC)(CCCCCCCCCC)OCCCCCCCCCC. The molecule has 0 aromatic heterocycles. The smallest absolute Gasteiger partial charge is 0.333 e. The Morgan fingerprint density at radius 1 is 0.500 bits per heavy atom. The number of esters is 1. The van der Waals surface area contributed by atoms with Crippen LogP contribution in [0.15, 0.2) is 12.2 Å². The third-order valence-corrected chi connectivity index (χ3v) is 8.49. The summed E-state index contributed by atoms with van der Waals surface area (Å²) in [5.41, 5.74) is 0.432. The second-order valence-electron chi connectivity index (χ2n) is 12.6. The summed E-state index contributed by atoms with van der Waals surface area (Å²) in [7, 11) is 0. The molecule has 0 saturated heterocycles. The van der Waals surface area contributed by atoms with Gasteiger partial charge in [0.25, 0.3) is 0 Å². The molecule has 40 heavy (non-hydrogen) atoms. The van der Waals surface area contributed by atoms with Crippen molar-refractivity contribution in [1.82, 2.24) is 0 Å². The van der Waals surface area contributed by atoms with Crippen molar-refractivity contribution in [3.05, 3.63) is 12.2 Å². The molecule has 1 unspecified atom stereocenters. The zero-order valence-electron chi connectivity index (χ0n) is 27.9. The number of unbranched alkanes of at least 4 members (excludes halogenated alkanes) is 20. The molecular formula is C37H72O3. The summed E-state index contributed by atoms with van der Waals surface area (Å²) in [6.45, 7) is 13.7. The van der Waals surface area contributed by atoms with E-state index in [9.17, 15) is 4.79 Å². The van der Waals surface area contributed by atoms with Gasteiger partial charge in [0.2, 0.25) is 0 Å². The average molecular weight is 565 g/mol. The first kappa shape index (κ1) is 39.2. The predicted octanol–water partition coefficient (Wildman–Crippen LogP) is 12.5. The lowest BCUT2D eigenvalue weighted by atomic mass is 9.85. The Balaban J connectivity index is 4.91. The zero-order valence-corrected chi connectivity index (χ0v) is 27.9. The summed E-state index contributed by atoms with van der Waals surface area (Å²) in [4.78, 5) is 11.9. The van der Waals surface area contributed by atoms with Gasteiger partial charge in [-0.05, 0) is 39.0 Å². The quantitative estimate of drug-likeness (QED) is 0.0463. The van der Waals surface area contributed by atoms with E-state index in [4.69, 9.17) is 9.47 Å². The van der Waals surface area contributed by atoms with Gasteiger partial charge >= 0.3 is 5.97 Å². The van der Waals surface area contributed by atoms with E-state index in [1.165, 1.54) is 148 Å². The minimum Gasteiger partial charge on any atom is -0.462 e. The Bertz CT molecular complexity index is 558. The number of carbonyl (C=O) groups excluding carboxylic acids is 1. The maximum atomic E-state index is 11.9. The van der Waals surface area contributed by atoms with E-state index in [1.54, 1.807) is 6.92 Å². The van der Waals surface area contributed by atoms with E-state index in [0.717, 1.165) is 32.3 Å². The molecule has 1 atom stereocenters. The van der Waals surface area contributed by atoms with E-state index in [0.29, 0.717) is 12.2 Å². The number of carbonyl (C=O) groups is 1. The largest absolute Gasteiger partial charge is 0.462 e. The lowest BCUT2D eigenvalue weighted by molar-refractivity contribution is -0.139. The van der Waals surface area contributed by atoms with Gasteiger partial charge in [0.15, 0.2) is 0 Å². The summed E-state index contributed by atoms with van der Waals surface area (Å²) in [5, 5.41) is 0. The fourth-order valence-electron chi connectivity index (χ4n) is 5.78. The molecule has 3 heteroatoms. The molecule has 0 fully saturated rings. The molecule has 0 spiro atoms. The summed E-state index contributed by atoms with van der Waals surface area (Å²) in [6.07, 6.45) is 35.0. The lowest BCUT2D eigenvalue weighted by Gasteiger charge is -2.35. The molecule has 0 bridgehead atoms. The molecule has 0 aromatic rings. The molecule has 0 amide bonds. The first-order valence-corrected chi connectivity index (χ1v) is 18.0. The van der Waals surface area contributed by atoms with E-state index >= 15 is 0 Å². The Morgan fingerprint density at radius 2 is 0.850 bits per heavy atom. The number of hydrogen-bond donors (Lipinski definition) is 0. The van der Waals surface area contributed by atoms with Crippen LogP contribution in [0.4, 0.5) is 0 Å². The molecule has 0 aromatic carbocycles. The topological polar surface area (TPSA) is 35.5 Å². The zero-order chi connectivity index (χ0) is 29.6. The van der Waals surface area contributed by atoms with Crippen molar-refractivity contribution in [1.29, 1.82) is 0 Å². The lowest BCUT2D eigenvalue weighted by Crippen LogP contribution is -2.34. The van der Waals surface area contributed by atoms with Crippen LogP contribution in [0.25, 0.3) is 0 Å². The highest BCUT2D eigenvalue weighted by atomic mass is 16.5. The van der Waals surface area contributed by atoms with Crippen LogP contribution in [0.1, 0.15) is 201 Å². The van der Waals surface area contributed by atoms with Gasteiger partial charge in [0.05, 0.1) is 12.2 Å². The van der Waals surface area contributed by atoms with Gasteiger partial charge in [-0.15, -0.1) is 0 Å². The van der Waals surface area contributed by atoms with Crippen LogP contribution in [0.3, 0.4) is 0 Å². The Hall–Kier alpha value is -0.830. The van der Waals surface area contributed by atoms with Crippen LogP contribution >= 0.6 is 0 Å². The van der Waals surface area contributed by atoms with Crippen molar-refractivity contribution in [3.63, 3.8) is 0 Å². The Kier molecular flexibility index (Phi) is 29.0. The molecular weight excluding hydrogens is 492 g/mol. The minimum absolute atomic E-state index is 0.0532. The monoisotopic (exact) mass is 565 g/mol. The third kappa shape index (κ3) is 24.9. The van der Waals surface area contributed by atoms with Crippen LogP contribution in [0, 0.1) is 0 Å². The molecule has 0 aliphatic carbocycles. The average Bonchev–Trinajstić information content (AvgIpc) is 2.95. The number of hydrogen-bond acceptors (Lipinski definition) is 3. The fraction of sp³-hybridized carbons (Fsp3) is 0.919. The second-order valence-corrected chi connectivity index (χ2v) is 12.6. The van der Waals surface area contributed by atoms with Gasteiger partial charge in [0.1, 0.15) is 0 Å². The van der Waals surface area contributed by atoms with E-state index in [2.05, 4.69) is 27.4 Å². The van der Waals surface area contributed by atoms with Gasteiger partial charge < -0.3 is 9.47 Å². The van der Waals surface area contributed by atoms with Crippen molar-refractivity contribution >= 4 is 5.97 Å². The molecule has 3 nitrogen and oxygen atoms in total. The first-order chi connectivity index (χ1) is 19.5. The van der Waals surface area contributed by atoms with Crippen LogP contribution in [-0.2, 0) is 14.3 Å². The number of rotatable bonds is 32. The predicted molar refractivity (Wildman–Crippen MR) is 176 cm³/mol. The molecule has 238 valence electrons. The standard InChI is InChI=1S/C37H72O3/c1-6-9-12-15-18-21-24-27-31-37(30-26-23-20-17-14-11-8-3,32-29-33-39-36(38)35(4)5)40-34-28-25-22-19-16-13-10-7-2/h4,6-34H2,1-3,5H3. The molecule has 0 radical (unpaired) electrons. The van der Waals surface area contributed by atoms with Gasteiger partial charge in [-0.2, -0.15) is 0 Å². The van der Waals surface area contributed by atoms with E-state index in [1.807, 2.05) is 0 Å². The molecule has 0 N–H and O–H groups in total. The first-order valence-electron chi connectivity index (χ1n) is 18.0. The van der Waals surface area contributed by atoms with Crippen molar-refractivity contribution in [3.8, 4) is 0 Å². The van der Waals surface area contributed by atoms with E-state index < -0.39 is 0 Å². The van der Waals surface area contributed by atoms with Crippen molar-refractivity contribution in [2.75, 3.05) is 13.2 Å². The van der Waals surface area contributed by atoms with Crippen LogP contribution < -0.4 is 0 Å². The normalized spacial score (nSPS) is 12.9. The summed E-state index contributed by atoms with van der Waals surface area (Å²) >= 11 is 0. The van der Waals surface area contributed by atoms with Crippen LogP contribution in [0.5, 0.6) is 0 Å². The van der Waals surface area contributed by atoms with Crippen molar-refractivity contribution in [2.24, 2.45) is 0 Å².